The standard InChI is InChI=1S/C23H19N3O2S2/c1-15-6-10-19(11-7-15)28-13-21(27)25-22(29)26-23-24-20(14-30-23)18-9-8-16-4-2-3-5-17(16)12-18/h2-12,14H,13H2,1H3,(H2,24,25,26,27,29). The maximum absolute atomic E-state index is 12.1. The maximum Gasteiger partial charge on any atom is 0.264 e. The number of carbonyl (C=O) groups excluding carboxylic acids is 1. The van der Waals surface area contributed by atoms with Gasteiger partial charge in [0.2, 0.25) is 0 Å². The highest BCUT2D eigenvalue weighted by Gasteiger charge is 2.10. The number of rotatable bonds is 5. The van der Waals surface area contributed by atoms with Gasteiger partial charge in [-0.1, -0.05) is 54.1 Å². The highest BCUT2D eigenvalue weighted by atomic mass is 32.1. The van der Waals surface area contributed by atoms with Gasteiger partial charge in [0.25, 0.3) is 5.91 Å². The van der Waals surface area contributed by atoms with E-state index in [2.05, 4.69) is 39.9 Å². The van der Waals surface area contributed by atoms with Gasteiger partial charge in [0.05, 0.1) is 5.69 Å². The summed E-state index contributed by atoms with van der Waals surface area (Å²) in [4.78, 5) is 16.6. The van der Waals surface area contributed by atoms with Gasteiger partial charge in [0.1, 0.15) is 5.75 Å². The van der Waals surface area contributed by atoms with Gasteiger partial charge in [-0.15, -0.1) is 11.3 Å². The third-order valence-corrected chi connectivity index (χ3v) is 5.38. The molecule has 0 radical (unpaired) electrons. The molecule has 0 bridgehead atoms. The molecule has 7 heteroatoms. The van der Waals surface area contributed by atoms with Crippen molar-refractivity contribution in [1.29, 1.82) is 0 Å². The van der Waals surface area contributed by atoms with Gasteiger partial charge in [-0.25, -0.2) is 4.98 Å². The molecule has 0 atom stereocenters. The van der Waals surface area contributed by atoms with Crippen LogP contribution in [-0.4, -0.2) is 22.6 Å². The zero-order valence-electron chi connectivity index (χ0n) is 16.2. The number of ether oxygens (including phenoxy) is 1. The minimum Gasteiger partial charge on any atom is -0.484 e. The summed E-state index contributed by atoms with van der Waals surface area (Å²) >= 11 is 6.64. The monoisotopic (exact) mass is 433 g/mol. The van der Waals surface area contributed by atoms with Gasteiger partial charge in [-0.05, 0) is 48.1 Å². The van der Waals surface area contributed by atoms with E-state index in [-0.39, 0.29) is 17.6 Å². The van der Waals surface area contributed by atoms with E-state index < -0.39 is 0 Å². The lowest BCUT2D eigenvalue weighted by Crippen LogP contribution is -2.37. The van der Waals surface area contributed by atoms with Crippen LogP contribution in [0.15, 0.2) is 72.1 Å². The fourth-order valence-electron chi connectivity index (χ4n) is 2.89. The summed E-state index contributed by atoms with van der Waals surface area (Å²) in [5, 5.41) is 10.7. The largest absolute Gasteiger partial charge is 0.484 e. The van der Waals surface area contributed by atoms with Crippen molar-refractivity contribution in [2.75, 3.05) is 11.9 Å². The molecule has 4 rings (SSSR count). The van der Waals surface area contributed by atoms with Crippen molar-refractivity contribution in [3.63, 3.8) is 0 Å². The molecule has 2 N–H and O–H groups in total. The van der Waals surface area contributed by atoms with Crippen molar-refractivity contribution in [2.24, 2.45) is 0 Å². The first-order valence-corrected chi connectivity index (χ1v) is 10.6. The van der Waals surface area contributed by atoms with Crippen molar-refractivity contribution in [3.8, 4) is 17.0 Å². The van der Waals surface area contributed by atoms with Crippen LogP contribution in [-0.2, 0) is 4.79 Å². The second kappa shape index (κ2) is 9.02. The van der Waals surface area contributed by atoms with E-state index in [0.29, 0.717) is 10.9 Å². The van der Waals surface area contributed by atoms with Crippen LogP contribution in [0.1, 0.15) is 5.56 Å². The van der Waals surface area contributed by atoms with Crippen LogP contribution in [0, 0.1) is 6.92 Å². The van der Waals surface area contributed by atoms with Gasteiger partial charge in [-0.2, -0.15) is 0 Å². The second-order valence-corrected chi connectivity index (χ2v) is 7.97. The summed E-state index contributed by atoms with van der Waals surface area (Å²) in [6.45, 7) is 1.87. The Balaban J connectivity index is 1.33. The molecule has 0 fully saturated rings. The number of anilines is 1. The molecular weight excluding hydrogens is 414 g/mol. The molecule has 150 valence electrons. The molecule has 0 unspecified atom stereocenters. The van der Waals surface area contributed by atoms with Crippen molar-refractivity contribution >= 4 is 50.5 Å². The molecule has 0 aliphatic rings. The quantitative estimate of drug-likeness (QED) is 0.426. The zero-order chi connectivity index (χ0) is 20.9. The van der Waals surface area contributed by atoms with E-state index in [1.807, 2.05) is 54.8 Å². The van der Waals surface area contributed by atoms with Crippen molar-refractivity contribution < 1.29 is 9.53 Å². The van der Waals surface area contributed by atoms with Crippen LogP contribution in [0.4, 0.5) is 5.13 Å². The van der Waals surface area contributed by atoms with Crippen molar-refractivity contribution in [2.45, 2.75) is 6.92 Å². The maximum atomic E-state index is 12.1. The molecule has 0 saturated carbocycles. The Bertz CT molecular complexity index is 1200. The molecule has 1 amide bonds. The number of benzene rings is 3. The number of amides is 1. The molecule has 0 aliphatic heterocycles. The third-order valence-electron chi connectivity index (χ3n) is 4.41. The van der Waals surface area contributed by atoms with Crippen LogP contribution in [0.2, 0.25) is 0 Å². The Labute approximate surface area is 183 Å². The van der Waals surface area contributed by atoms with Crippen LogP contribution in [0.3, 0.4) is 0 Å². The predicted molar refractivity (Wildman–Crippen MR) is 126 cm³/mol. The number of hydrogen-bond acceptors (Lipinski definition) is 5. The first-order chi connectivity index (χ1) is 14.6. The predicted octanol–water partition coefficient (Wildman–Crippen LogP) is 5.16. The molecule has 1 heterocycles. The van der Waals surface area contributed by atoms with Gasteiger partial charge in [0, 0.05) is 10.9 Å². The molecule has 4 aromatic rings. The minimum absolute atomic E-state index is 0.120. The Morgan fingerprint density at radius 1 is 1.07 bits per heavy atom. The summed E-state index contributed by atoms with van der Waals surface area (Å²) in [7, 11) is 0. The highest BCUT2D eigenvalue weighted by Crippen LogP contribution is 2.27. The number of nitrogens with zero attached hydrogens (tertiary/aromatic N) is 1. The summed E-state index contributed by atoms with van der Waals surface area (Å²) in [5.41, 5.74) is 3.01. The molecule has 5 nitrogen and oxygen atoms in total. The SMILES string of the molecule is Cc1ccc(OCC(=O)NC(=S)Nc2nc(-c3ccc4ccccc4c3)cs2)cc1. The number of carbonyl (C=O) groups is 1. The smallest absolute Gasteiger partial charge is 0.264 e. The number of aromatic nitrogens is 1. The second-order valence-electron chi connectivity index (χ2n) is 6.70. The summed E-state index contributed by atoms with van der Waals surface area (Å²) < 4.78 is 5.46. The Morgan fingerprint density at radius 3 is 2.63 bits per heavy atom. The van der Waals surface area contributed by atoms with E-state index in [0.717, 1.165) is 22.2 Å². The first kappa shape index (κ1) is 20.0. The third kappa shape index (κ3) is 5.00. The van der Waals surface area contributed by atoms with Gasteiger partial charge >= 0.3 is 0 Å². The van der Waals surface area contributed by atoms with Crippen LogP contribution in [0.5, 0.6) is 5.75 Å². The fourth-order valence-corrected chi connectivity index (χ4v) is 3.89. The van der Waals surface area contributed by atoms with Gasteiger partial charge < -0.3 is 10.1 Å². The Morgan fingerprint density at radius 2 is 1.83 bits per heavy atom. The zero-order valence-corrected chi connectivity index (χ0v) is 17.8. The molecular formula is C23H19N3O2S2. The number of thiazole rings is 1. The van der Waals surface area contributed by atoms with Crippen molar-refractivity contribution in [1.82, 2.24) is 10.3 Å². The van der Waals surface area contributed by atoms with Crippen molar-refractivity contribution in [3.05, 3.63) is 77.7 Å². The van der Waals surface area contributed by atoms with Crippen LogP contribution >= 0.6 is 23.6 Å². The van der Waals surface area contributed by atoms with E-state index in [1.165, 1.54) is 16.7 Å². The highest BCUT2D eigenvalue weighted by molar-refractivity contribution is 7.80. The Hall–Kier alpha value is -3.29. The van der Waals surface area contributed by atoms with E-state index in [9.17, 15) is 4.79 Å². The van der Waals surface area contributed by atoms with E-state index in [1.54, 1.807) is 0 Å². The fraction of sp³-hybridized carbons (Fsp3) is 0.0870. The summed E-state index contributed by atoms with van der Waals surface area (Å²) in [6, 6.07) is 21.9. The van der Waals surface area contributed by atoms with Gasteiger partial charge in [-0.3, -0.25) is 10.1 Å². The number of thiocarbonyl (C=S) groups is 1. The molecule has 0 spiro atoms. The lowest BCUT2D eigenvalue weighted by atomic mass is 10.1. The lowest BCUT2D eigenvalue weighted by Gasteiger charge is -2.09. The number of nitrogens with one attached hydrogen (secondary N) is 2. The number of aryl methyl sites for hydroxylation is 1. The van der Waals surface area contributed by atoms with Gasteiger partial charge in [0.15, 0.2) is 16.9 Å². The normalized spacial score (nSPS) is 10.6. The van der Waals surface area contributed by atoms with Crippen LogP contribution < -0.4 is 15.4 Å². The summed E-state index contributed by atoms with van der Waals surface area (Å²) in [6.07, 6.45) is 0. The molecule has 1 aromatic heterocycles. The van der Waals surface area contributed by atoms with E-state index in [4.69, 9.17) is 17.0 Å². The lowest BCUT2D eigenvalue weighted by molar-refractivity contribution is -0.121. The van der Waals surface area contributed by atoms with Crippen LogP contribution in [0.25, 0.3) is 22.0 Å². The Kier molecular flexibility index (Phi) is 6.02. The minimum atomic E-state index is -0.334. The summed E-state index contributed by atoms with van der Waals surface area (Å²) in [5.74, 6) is 0.300. The molecule has 30 heavy (non-hydrogen) atoms. The first-order valence-electron chi connectivity index (χ1n) is 9.32. The molecule has 0 saturated heterocycles. The average Bonchev–Trinajstić information content (AvgIpc) is 3.21. The molecule has 3 aromatic carbocycles. The molecule has 0 aliphatic carbocycles. The number of hydrogen-bond donors (Lipinski definition) is 2. The number of fused-ring (bicyclic) bond motifs is 1. The topological polar surface area (TPSA) is 63.2 Å². The van der Waals surface area contributed by atoms with E-state index >= 15 is 0 Å². The average molecular weight is 434 g/mol.